The SMILES string of the molecule is c1c(OCC2CO2)cc(C23CC4CC(C2)CC(c2cc(OCC5CO5)cc(OCC5CO5)c2OCC2CO2)(C4)C3)c(OCC2CO2)c1OCC1CO1. The van der Waals surface area contributed by atoms with Crippen molar-refractivity contribution in [1.82, 2.24) is 0 Å². The smallest absolute Gasteiger partial charge is 0.165 e. The van der Waals surface area contributed by atoms with E-state index in [2.05, 4.69) is 12.1 Å². The first kappa shape index (κ1) is 32.4. The third-order valence-electron chi connectivity index (χ3n) is 12.2. The van der Waals surface area contributed by atoms with Crippen molar-refractivity contribution in [3.8, 4) is 34.5 Å². The van der Waals surface area contributed by atoms with Crippen LogP contribution in [0.25, 0.3) is 0 Å². The Morgan fingerprint density at radius 3 is 1.12 bits per heavy atom. The molecule has 6 atom stereocenters. The topological polar surface area (TPSA) is 131 Å². The quantitative estimate of drug-likeness (QED) is 0.182. The molecule has 2 aromatic carbocycles. The molecule has 6 unspecified atom stereocenters. The Morgan fingerprint density at radius 2 is 0.769 bits per heavy atom. The van der Waals surface area contributed by atoms with Crippen LogP contribution in [0.1, 0.15) is 49.7 Å². The largest absolute Gasteiger partial charge is 0.491 e. The van der Waals surface area contributed by atoms with E-state index >= 15 is 0 Å². The lowest BCUT2D eigenvalue weighted by Gasteiger charge is -2.63. The molecule has 0 spiro atoms. The van der Waals surface area contributed by atoms with E-state index in [-0.39, 0.29) is 47.5 Å². The van der Waals surface area contributed by atoms with Gasteiger partial charge in [0.2, 0.25) is 0 Å². The van der Waals surface area contributed by atoms with Crippen LogP contribution in [0.15, 0.2) is 24.3 Å². The van der Waals surface area contributed by atoms with Crippen LogP contribution >= 0.6 is 0 Å². The average molecular weight is 721 g/mol. The van der Waals surface area contributed by atoms with Crippen LogP contribution in [-0.4, -0.2) is 116 Å². The van der Waals surface area contributed by atoms with Gasteiger partial charge >= 0.3 is 0 Å². The molecule has 10 aliphatic rings. The first-order valence-corrected chi connectivity index (χ1v) is 19.4. The molecular weight excluding hydrogens is 672 g/mol. The fraction of sp³-hybridized carbons (Fsp3) is 0.700. The molecule has 0 aromatic heterocycles. The zero-order valence-electron chi connectivity index (χ0n) is 29.6. The van der Waals surface area contributed by atoms with Crippen LogP contribution < -0.4 is 28.4 Å². The number of rotatable bonds is 20. The van der Waals surface area contributed by atoms with E-state index < -0.39 is 0 Å². The summed E-state index contributed by atoms with van der Waals surface area (Å²) in [6.45, 7) is 7.32. The summed E-state index contributed by atoms with van der Waals surface area (Å²) in [7, 11) is 0. The summed E-state index contributed by atoms with van der Waals surface area (Å²) in [4.78, 5) is 0. The molecule has 0 amide bonds. The second-order valence-electron chi connectivity index (χ2n) is 16.7. The van der Waals surface area contributed by atoms with Gasteiger partial charge in [-0.2, -0.15) is 0 Å². The van der Waals surface area contributed by atoms with Crippen LogP contribution in [0.2, 0.25) is 0 Å². The van der Waals surface area contributed by atoms with E-state index in [1.807, 2.05) is 12.1 Å². The van der Waals surface area contributed by atoms with Crippen LogP contribution in [-0.2, 0) is 39.3 Å². The molecule has 4 bridgehead atoms. The summed E-state index contributed by atoms with van der Waals surface area (Å²) in [6, 6.07) is 8.48. The molecule has 6 heterocycles. The molecule has 52 heavy (non-hydrogen) atoms. The maximum absolute atomic E-state index is 6.75. The Hall–Kier alpha value is -3.00. The third-order valence-corrected chi connectivity index (χ3v) is 12.2. The summed E-state index contributed by atoms with van der Waals surface area (Å²) in [5, 5.41) is 0. The number of benzene rings is 2. The predicted molar refractivity (Wildman–Crippen MR) is 182 cm³/mol. The van der Waals surface area contributed by atoms with Crippen molar-refractivity contribution >= 4 is 0 Å². The van der Waals surface area contributed by atoms with Crippen molar-refractivity contribution < 1.29 is 56.8 Å². The summed E-state index contributed by atoms with van der Waals surface area (Å²) in [6.07, 6.45) is 7.25. The Kier molecular flexibility index (Phi) is 7.99. The van der Waals surface area contributed by atoms with E-state index in [1.165, 1.54) is 17.5 Å². The van der Waals surface area contributed by atoms with E-state index in [4.69, 9.17) is 56.8 Å². The zero-order chi connectivity index (χ0) is 34.3. The minimum absolute atomic E-state index is 0.108. The molecule has 0 radical (unpaired) electrons. The van der Waals surface area contributed by atoms with E-state index in [9.17, 15) is 0 Å². The minimum atomic E-state index is -0.161. The molecule has 12 heteroatoms. The van der Waals surface area contributed by atoms with Gasteiger partial charge in [-0.1, -0.05) is 0 Å². The molecule has 280 valence electrons. The first-order valence-electron chi connectivity index (χ1n) is 19.4. The molecule has 12 nitrogen and oxygen atoms in total. The number of epoxide rings is 6. The summed E-state index contributed by atoms with van der Waals surface area (Å²) < 4.78 is 72.7. The van der Waals surface area contributed by atoms with Crippen molar-refractivity contribution in [3.05, 3.63) is 35.4 Å². The van der Waals surface area contributed by atoms with E-state index in [0.717, 1.165) is 94.7 Å². The van der Waals surface area contributed by atoms with Gasteiger partial charge in [-0.05, 0) is 62.5 Å². The van der Waals surface area contributed by atoms with Gasteiger partial charge in [0.05, 0.1) is 39.6 Å². The molecule has 6 aliphatic heterocycles. The average Bonchev–Trinajstić information content (AvgIpc) is 3.94. The summed E-state index contributed by atoms with van der Waals surface area (Å²) in [5.41, 5.74) is 2.04. The van der Waals surface area contributed by atoms with Crippen molar-refractivity contribution in [1.29, 1.82) is 0 Å². The van der Waals surface area contributed by atoms with Crippen molar-refractivity contribution in [2.75, 3.05) is 79.3 Å². The zero-order valence-corrected chi connectivity index (χ0v) is 29.6. The van der Waals surface area contributed by atoms with Crippen LogP contribution in [0.3, 0.4) is 0 Å². The van der Waals surface area contributed by atoms with E-state index in [0.29, 0.717) is 63.0 Å². The fourth-order valence-corrected chi connectivity index (χ4v) is 9.60. The van der Waals surface area contributed by atoms with Crippen molar-refractivity contribution in [2.24, 2.45) is 11.8 Å². The fourth-order valence-electron chi connectivity index (χ4n) is 9.60. The highest BCUT2D eigenvalue weighted by Crippen LogP contribution is 2.69. The second-order valence-corrected chi connectivity index (χ2v) is 16.7. The number of hydrogen-bond acceptors (Lipinski definition) is 12. The van der Waals surface area contributed by atoms with Crippen LogP contribution in [0.5, 0.6) is 34.5 Å². The van der Waals surface area contributed by atoms with Crippen LogP contribution in [0, 0.1) is 11.8 Å². The van der Waals surface area contributed by atoms with Gasteiger partial charge < -0.3 is 56.8 Å². The van der Waals surface area contributed by atoms with Gasteiger partial charge in [-0.25, -0.2) is 0 Å². The molecule has 4 saturated carbocycles. The van der Waals surface area contributed by atoms with Gasteiger partial charge in [0.15, 0.2) is 23.0 Å². The first-order chi connectivity index (χ1) is 25.5. The lowest BCUT2D eigenvalue weighted by molar-refractivity contribution is -0.0306. The predicted octanol–water partition coefficient (Wildman–Crippen LogP) is 4.14. The number of hydrogen-bond donors (Lipinski definition) is 0. The van der Waals surface area contributed by atoms with Gasteiger partial charge in [0.1, 0.15) is 87.8 Å². The van der Waals surface area contributed by atoms with E-state index in [1.54, 1.807) is 0 Å². The molecule has 0 N–H and O–H groups in total. The maximum Gasteiger partial charge on any atom is 0.165 e. The van der Waals surface area contributed by atoms with Crippen molar-refractivity contribution in [2.45, 2.75) is 86.0 Å². The van der Waals surface area contributed by atoms with Gasteiger partial charge in [-0.3, -0.25) is 0 Å². The van der Waals surface area contributed by atoms with Gasteiger partial charge in [0.25, 0.3) is 0 Å². The highest BCUT2D eigenvalue weighted by Gasteiger charge is 2.60. The molecule has 10 fully saturated rings. The monoisotopic (exact) mass is 720 g/mol. The Balaban J connectivity index is 1.00. The summed E-state index contributed by atoms with van der Waals surface area (Å²) in [5.74, 6) is 5.75. The maximum atomic E-state index is 6.75. The molecule has 2 aromatic rings. The Labute approximate surface area is 303 Å². The standard InChI is InChI=1S/C40H48O12/c1-23-6-39(33-2-25(41-10-27-12-43-27)4-35(49-18-29-14-45-29)37(33)51-20-31-16-47-31)7-24(1)9-40(8-23,22-39)34-3-26(42-11-28-13-44-28)5-36(50-19-30-15-46-30)38(34)52-21-32-17-48-32/h2-5,23-24,27-32H,1,6-22H2. The highest BCUT2D eigenvalue weighted by atomic mass is 16.6. The molecular formula is C40H48O12. The highest BCUT2D eigenvalue weighted by molar-refractivity contribution is 5.59. The van der Waals surface area contributed by atoms with Crippen LogP contribution in [0.4, 0.5) is 0 Å². The Bertz CT molecular complexity index is 1520. The molecule has 12 rings (SSSR count). The normalized spacial score (nSPS) is 38.0. The lowest BCUT2D eigenvalue weighted by Crippen LogP contribution is -2.56. The van der Waals surface area contributed by atoms with Gasteiger partial charge in [0, 0.05) is 34.1 Å². The summed E-state index contributed by atoms with van der Waals surface area (Å²) >= 11 is 0. The Morgan fingerprint density at radius 1 is 0.442 bits per heavy atom. The molecule has 4 aliphatic carbocycles. The van der Waals surface area contributed by atoms with Crippen molar-refractivity contribution in [3.63, 3.8) is 0 Å². The van der Waals surface area contributed by atoms with Gasteiger partial charge in [-0.15, -0.1) is 0 Å². The molecule has 6 saturated heterocycles. The minimum Gasteiger partial charge on any atom is -0.491 e. The second kappa shape index (κ2) is 12.8. The lowest BCUT2D eigenvalue weighted by atomic mass is 9.41. The number of ether oxygens (including phenoxy) is 12. The third kappa shape index (κ3) is 7.02.